The minimum atomic E-state index is -0.389. The highest BCUT2D eigenvalue weighted by Crippen LogP contribution is 2.25. The van der Waals surface area contributed by atoms with Crippen molar-refractivity contribution in [2.24, 2.45) is 0 Å². The van der Waals surface area contributed by atoms with E-state index in [1.807, 2.05) is 55.3 Å². The van der Waals surface area contributed by atoms with Gasteiger partial charge in [-0.2, -0.15) is 0 Å². The van der Waals surface area contributed by atoms with Gasteiger partial charge in [-0.15, -0.1) is 10.2 Å². The molecule has 0 bridgehead atoms. The standard InChI is InChI=1S/C18H18N4O3/c1-13(15-9-6-10-16(11-15)22(23)24)21(2)12-17-19-20-18(25-17)14-7-4-3-5-8-14/h3-11,13H,12H2,1-2H3. The second-order valence-corrected chi connectivity index (χ2v) is 5.81. The SMILES string of the molecule is CC(c1cccc([N+](=O)[O-])c1)N(C)Cc1nnc(-c2ccccc2)o1. The molecule has 1 aromatic heterocycles. The van der Waals surface area contributed by atoms with Gasteiger partial charge >= 0.3 is 0 Å². The zero-order valence-electron chi connectivity index (χ0n) is 14.0. The summed E-state index contributed by atoms with van der Waals surface area (Å²) in [5.74, 6) is 0.977. The molecule has 1 unspecified atom stereocenters. The van der Waals surface area contributed by atoms with Crippen molar-refractivity contribution in [3.8, 4) is 11.5 Å². The third kappa shape index (κ3) is 3.89. The number of benzene rings is 2. The van der Waals surface area contributed by atoms with Crippen molar-refractivity contribution >= 4 is 5.69 Å². The Kier molecular flexibility index (Phi) is 4.85. The fourth-order valence-electron chi connectivity index (χ4n) is 2.52. The lowest BCUT2D eigenvalue weighted by atomic mass is 10.1. The summed E-state index contributed by atoms with van der Waals surface area (Å²) in [6, 6.07) is 16.2. The number of rotatable bonds is 6. The molecule has 0 aliphatic rings. The minimum Gasteiger partial charge on any atom is -0.419 e. The zero-order chi connectivity index (χ0) is 17.8. The molecule has 7 nitrogen and oxygen atoms in total. The quantitative estimate of drug-likeness (QED) is 0.501. The maximum absolute atomic E-state index is 10.9. The average Bonchev–Trinajstić information content (AvgIpc) is 3.10. The first kappa shape index (κ1) is 16.8. The largest absolute Gasteiger partial charge is 0.419 e. The van der Waals surface area contributed by atoms with Crippen molar-refractivity contribution in [2.75, 3.05) is 7.05 Å². The molecule has 2 aromatic carbocycles. The molecular formula is C18H18N4O3. The van der Waals surface area contributed by atoms with E-state index in [1.165, 1.54) is 6.07 Å². The lowest BCUT2D eigenvalue weighted by Crippen LogP contribution is -2.22. The molecule has 3 aromatic rings. The Morgan fingerprint density at radius 3 is 2.64 bits per heavy atom. The summed E-state index contributed by atoms with van der Waals surface area (Å²) in [4.78, 5) is 12.5. The molecule has 0 saturated heterocycles. The molecule has 0 aliphatic heterocycles. The van der Waals surface area contributed by atoms with E-state index in [4.69, 9.17) is 4.42 Å². The van der Waals surface area contributed by atoms with Gasteiger partial charge in [-0.1, -0.05) is 30.3 Å². The Morgan fingerprint density at radius 2 is 1.92 bits per heavy atom. The average molecular weight is 338 g/mol. The van der Waals surface area contributed by atoms with Crippen molar-refractivity contribution in [2.45, 2.75) is 19.5 Å². The Hall–Kier alpha value is -3.06. The van der Waals surface area contributed by atoms with E-state index in [1.54, 1.807) is 12.1 Å². The van der Waals surface area contributed by atoms with Gasteiger partial charge in [-0.3, -0.25) is 15.0 Å². The Bertz CT molecular complexity index is 864. The first-order chi connectivity index (χ1) is 12.0. The molecule has 0 fully saturated rings. The smallest absolute Gasteiger partial charge is 0.269 e. The van der Waals surface area contributed by atoms with Crippen LogP contribution in [0.1, 0.15) is 24.4 Å². The van der Waals surface area contributed by atoms with Crippen LogP contribution in [0.2, 0.25) is 0 Å². The summed E-state index contributed by atoms with van der Waals surface area (Å²) < 4.78 is 5.72. The Balaban J connectivity index is 1.72. The number of aromatic nitrogens is 2. The van der Waals surface area contributed by atoms with Crippen LogP contribution >= 0.6 is 0 Å². The van der Waals surface area contributed by atoms with E-state index < -0.39 is 0 Å². The Morgan fingerprint density at radius 1 is 1.16 bits per heavy atom. The highest BCUT2D eigenvalue weighted by atomic mass is 16.6. The van der Waals surface area contributed by atoms with Gasteiger partial charge in [0.25, 0.3) is 5.69 Å². The molecule has 1 heterocycles. The van der Waals surface area contributed by atoms with Crippen LogP contribution in [0, 0.1) is 10.1 Å². The first-order valence-corrected chi connectivity index (χ1v) is 7.87. The van der Waals surface area contributed by atoms with Gasteiger partial charge in [0.1, 0.15) is 0 Å². The molecule has 3 rings (SSSR count). The van der Waals surface area contributed by atoms with Crippen LogP contribution in [-0.4, -0.2) is 27.1 Å². The number of non-ortho nitro benzene ring substituents is 1. The summed E-state index contributed by atoms with van der Waals surface area (Å²) in [7, 11) is 1.91. The van der Waals surface area contributed by atoms with E-state index >= 15 is 0 Å². The molecule has 0 spiro atoms. The number of nitro benzene ring substituents is 1. The van der Waals surface area contributed by atoms with Crippen molar-refractivity contribution < 1.29 is 9.34 Å². The van der Waals surface area contributed by atoms with Gasteiger partial charge < -0.3 is 4.42 Å². The van der Waals surface area contributed by atoms with Gasteiger partial charge in [0.2, 0.25) is 11.8 Å². The molecule has 25 heavy (non-hydrogen) atoms. The minimum absolute atomic E-state index is 0.0352. The molecule has 128 valence electrons. The highest BCUT2D eigenvalue weighted by molar-refractivity contribution is 5.51. The normalized spacial score (nSPS) is 12.3. The molecule has 7 heteroatoms. The predicted molar refractivity (Wildman–Crippen MR) is 92.7 cm³/mol. The van der Waals surface area contributed by atoms with E-state index in [-0.39, 0.29) is 16.7 Å². The number of nitro groups is 1. The van der Waals surface area contributed by atoms with Gasteiger partial charge in [0, 0.05) is 23.7 Å². The summed E-state index contributed by atoms with van der Waals surface area (Å²) >= 11 is 0. The van der Waals surface area contributed by atoms with Crippen LogP contribution in [0.4, 0.5) is 5.69 Å². The third-order valence-corrected chi connectivity index (χ3v) is 4.10. The number of nitrogens with zero attached hydrogens (tertiary/aromatic N) is 4. The summed E-state index contributed by atoms with van der Waals surface area (Å²) in [5.41, 5.74) is 1.82. The Labute approximate surface area is 145 Å². The van der Waals surface area contributed by atoms with Gasteiger partial charge in [0.15, 0.2) is 0 Å². The molecule has 0 aliphatic carbocycles. The second kappa shape index (κ2) is 7.23. The molecular weight excluding hydrogens is 320 g/mol. The number of hydrogen-bond acceptors (Lipinski definition) is 6. The fourth-order valence-corrected chi connectivity index (χ4v) is 2.52. The molecule has 0 N–H and O–H groups in total. The van der Waals surface area contributed by atoms with Crippen LogP contribution in [-0.2, 0) is 6.54 Å². The third-order valence-electron chi connectivity index (χ3n) is 4.10. The van der Waals surface area contributed by atoms with Gasteiger partial charge in [-0.25, -0.2) is 0 Å². The second-order valence-electron chi connectivity index (χ2n) is 5.81. The zero-order valence-corrected chi connectivity index (χ0v) is 14.0. The topological polar surface area (TPSA) is 85.3 Å². The summed E-state index contributed by atoms with van der Waals surface area (Å²) in [6.07, 6.45) is 0. The molecule has 0 saturated carbocycles. The lowest BCUT2D eigenvalue weighted by Gasteiger charge is -2.23. The van der Waals surface area contributed by atoms with Crippen molar-refractivity contribution in [1.29, 1.82) is 0 Å². The monoisotopic (exact) mass is 338 g/mol. The van der Waals surface area contributed by atoms with Gasteiger partial charge in [-0.05, 0) is 31.7 Å². The molecule has 1 atom stereocenters. The maximum atomic E-state index is 10.9. The first-order valence-electron chi connectivity index (χ1n) is 7.87. The van der Waals surface area contributed by atoms with Crippen LogP contribution in [0.3, 0.4) is 0 Å². The molecule has 0 radical (unpaired) electrons. The fraction of sp³-hybridized carbons (Fsp3) is 0.222. The lowest BCUT2D eigenvalue weighted by molar-refractivity contribution is -0.384. The van der Waals surface area contributed by atoms with Crippen molar-refractivity contribution in [3.63, 3.8) is 0 Å². The molecule has 0 amide bonds. The van der Waals surface area contributed by atoms with Crippen LogP contribution in [0.15, 0.2) is 59.0 Å². The summed E-state index contributed by atoms with van der Waals surface area (Å²) in [5, 5.41) is 19.1. The number of hydrogen-bond donors (Lipinski definition) is 0. The maximum Gasteiger partial charge on any atom is 0.269 e. The van der Waals surface area contributed by atoms with E-state index in [0.717, 1.165) is 11.1 Å². The van der Waals surface area contributed by atoms with Crippen molar-refractivity contribution in [3.05, 3.63) is 76.2 Å². The highest BCUT2D eigenvalue weighted by Gasteiger charge is 2.18. The van der Waals surface area contributed by atoms with Crippen LogP contribution < -0.4 is 0 Å². The van der Waals surface area contributed by atoms with E-state index in [0.29, 0.717) is 18.3 Å². The van der Waals surface area contributed by atoms with Crippen molar-refractivity contribution in [1.82, 2.24) is 15.1 Å². The van der Waals surface area contributed by atoms with E-state index in [2.05, 4.69) is 10.2 Å². The van der Waals surface area contributed by atoms with Crippen LogP contribution in [0.25, 0.3) is 11.5 Å². The van der Waals surface area contributed by atoms with Gasteiger partial charge in [0.05, 0.1) is 11.5 Å². The van der Waals surface area contributed by atoms with E-state index in [9.17, 15) is 10.1 Å². The summed E-state index contributed by atoms with van der Waals surface area (Å²) in [6.45, 7) is 2.43. The van der Waals surface area contributed by atoms with Crippen LogP contribution in [0.5, 0.6) is 0 Å². The predicted octanol–water partition coefficient (Wildman–Crippen LogP) is 3.84.